The van der Waals surface area contributed by atoms with E-state index >= 15 is 0 Å². The standard InChI is InChI=1S/C30H52O2/c1-5-7-8-9-10-11-21-32-28-16-15-24-22-13-14-25-23(12-6-2)27(31)18-20-29(25,3)26(22)17-19-30(24,28)4/h6,22-28,31H,2,5,7-21H2,1,3-4H3/t22-,23?,24-,25?,26+,27?,28?,29-,30-/m0/s1. The summed E-state index contributed by atoms with van der Waals surface area (Å²) in [5.74, 6) is 3.74. The maximum atomic E-state index is 10.8. The van der Waals surface area contributed by atoms with Crippen LogP contribution in [0.5, 0.6) is 0 Å². The van der Waals surface area contributed by atoms with Crippen molar-refractivity contribution in [2.45, 2.75) is 129 Å². The zero-order valence-corrected chi connectivity index (χ0v) is 21.5. The molecule has 4 aliphatic carbocycles. The second kappa shape index (κ2) is 10.5. The van der Waals surface area contributed by atoms with E-state index in [0.29, 0.717) is 28.8 Å². The van der Waals surface area contributed by atoms with E-state index in [1.54, 1.807) is 0 Å². The number of unbranched alkanes of at least 4 members (excludes halogenated alkanes) is 5. The first-order chi connectivity index (χ1) is 15.5. The van der Waals surface area contributed by atoms with Gasteiger partial charge >= 0.3 is 0 Å². The van der Waals surface area contributed by atoms with Crippen LogP contribution in [0.1, 0.15) is 117 Å². The first-order valence-corrected chi connectivity index (χ1v) is 14.4. The van der Waals surface area contributed by atoms with Gasteiger partial charge in [0.15, 0.2) is 0 Å². The lowest BCUT2D eigenvalue weighted by molar-refractivity contribution is -0.159. The summed E-state index contributed by atoms with van der Waals surface area (Å²) in [5, 5.41) is 10.8. The number of hydrogen-bond donors (Lipinski definition) is 1. The van der Waals surface area contributed by atoms with Crippen LogP contribution in [0.4, 0.5) is 0 Å². The van der Waals surface area contributed by atoms with Gasteiger partial charge in [0.2, 0.25) is 0 Å². The number of aliphatic hydroxyl groups is 1. The summed E-state index contributed by atoms with van der Waals surface area (Å²) in [7, 11) is 0. The third-order valence-electron chi connectivity index (χ3n) is 11.1. The maximum Gasteiger partial charge on any atom is 0.0631 e. The molecule has 0 spiro atoms. The van der Waals surface area contributed by atoms with Gasteiger partial charge in [-0.25, -0.2) is 0 Å². The van der Waals surface area contributed by atoms with Crippen LogP contribution in [-0.2, 0) is 4.74 Å². The lowest BCUT2D eigenvalue weighted by atomic mass is 9.43. The van der Waals surface area contributed by atoms with Crippen molar-refractivity contribution >= 4 is 0 Å². The first-order valence-electron chi connectivity index (χ1n) is 14.4. The van der Waals surface area contributed by atoms with Gasteiger partial charge in [0.05, 0.1) is 12.2 Å². The summed E-state index contributed by atoms with van der Waals surface area (Å²) in [6.07, 6.45) is 21.9. The van der Waals surface area contributed by atoms with E-state index in [2.05, 4.69) is 33.4 Å². The summed E-state index contributed by atoms with van der Waals surface area (Å²) < 4.78 is 6.61. The number of allylic oxidation sites excluding steroid dienone is 1. The quantitative estimate of drug-likeness (QED) is 0.274. The molecule has 0 saturated heterocycles. The summed E-state index contributed by atoms with van der Waals surface area (Å²) >= 11 is 0. The number of hydrogen-bond acceptors (Lipinski definition) is 2. The maximum absolute atomic E-state index is 10.8. The zero-order chi connectivity index (χ0) is 22.8. The number of fused-ring (bicyclic) bond motifs is 5. The highest BCUT2D eigenvalue weighted by molar-refractivity contribution is 5.11. The molecule has 4 rings (SSSR count). The SMILES string of the molecule is C=CCC1C(O)CC[C@@]2(C)C1CC[C@@H]1[C@H]2CC[C@]2(C)C(OCCCCCCCC)CC[C@@H]12. The van der Waals surface area contributed by atoms with Gasteiger partial charge in [-0.1, -0.05) is 59.0 Å². The molecular weight excluding hydrogens is 392 g/mol. The first kappa shape index (κ1) is 24.8. The number of aliphatic hydroxyl groups excluding tert-OH is 1. The number of ether oxygens (including phenoxy) is 1. The van der Waals surface area contributed by atoms with Crippen LogP contribution in [0.25, 0.3) is 0 Å². The van der Waals surface area contributed by atoms with Gasteiger partial charge in [-0.2, -0.15) is 0 Å². The Balaban J connectivity index is 1.37. The minimum atomic E-state index is -0.109. The lowest BCUT2D eigenvalue weighted by Gasteiger charge is -2.62. The van der Waals surface area contributed by atoms with E-state index in [0.717, 1.165) is 37.2 Å². The molecule has 0 bridgehead atoms. The Morgan fingerprint density at radius 2 is 1.53 bits per heavy atom. The molecule has 4 aliphatic rings. The molecule has 4 fully saturated rings. The third kappa shape index (κ3) is 4.49. The van der Waals surface area contributed by atoms with Crippen LogP contribution in [0.2, 0.25) is 0 Å². The monoisotopic (exact) mass is 444 g/mol. The van der Waals surface area contributed by atoms with Gasteiger partial charge in [0.25, 0.3) is 0 Å². The highest BCUT2D eigenvalue weighted by Crippen LogP contribution is 2.67. The molecule has 0 aliphatic heterocycles. The van der Waals surface area contributed by atoms with Gasteiger partial charge < -0.3 is 9.84 Å². The molecule has 32 heavy (non-hydrogen) atoms. The van der Waals surface area contributed by atoms with Crippen molar-refractivity contribution < 1.29 is 9.84 Å². The highest BCUT2D eigenvalue weighted by atomic mass is 16.5. The molecule has 0 heterocycles. The second-order valence-corrected chi connectivity index (χ2v) is 12.6. The van der Waals surface area contributed by atoms with E-state index in [1.165, 1.54) is 83.5 Å². The van der Waals surface area contributed by atoms with Crippen molar-refractivity contribution in [1.29, 1.82) is 0 Å². The van der Waals surface area contributed by atoms with E-state index in [1.807, 2.05) is 0 Å². The Hall–Kier alpha value is -0.340. The van der Waals surface area contributed by atoms with Crippen LogP contribution in [0.3, 0.4) is 0 Å². The van der Waals surface area contributed by atoms with E-state index < -0.39 is 0 Å². The fourth-order valence-electron chi connectivity index (χ4n) is 9.35. The van der Waals surface area contributed by atoms with Crippen molar-refractivity contribution in [2.24, 2.45) is 40.4 Å². The molecule has 2 nitrogen and oxygen atoms in total. The van der Waals surface area contributed by atoms with Crippen LogP contribution in [0.15, 0.2) is 12.7 Å². The van der Waals surface area contributed by atoms with Gasteiger partial charge in [-0.15, -0.1) is 6.58 Å². The Labute approximate surface area is 199 Å². The minimum absolute atomic E-state index is 0.109. The molecule has 2 heteroatoms. The molecular formula is C30H52O2. The molecule has 0 radical (unpaired) electrons. The average Bonchev–Trinajstić information content (AvgIpc) is 3.12. The predicted octanol–water partition coefficient (Wildman–Crippen LogP) is 7.94. The third-order valence-corrected chi connectivity index (χ3v) is 11.1. The number of rotatable bonds is 10. The van der Waals surface area contributed by atoms with Gasteiger partial charge in [0, 0.05) is 6.61 Å². The van der Waals surface area contributed by atoms with Gasteiger partial charge in [0.1, 0.15) is 0 Å². The molecule has 1 N–H and O–H groups in total. The van der Waals surface area contributed by atoms with Crippen molar-refractivity contribution in [3.05, 3.63) is 12.7 Å². The van der Waals surface area contributed by atoms with Gasteiger partial charge in [-0.3, -0.25) is 0 Å². The van der Waals surface area contributed by atoms with E-state index in [9.17, 15) is 5.11 Å². The van der Waals surface area contributed by atoms with Crippen molar-refractivity contribution in [2.75, 3.05) is 6.61 Å². The fourth-order valence-corrected chi connectivity index (χ4v) is 9.35. The largest absolute Gasteiger partial charge is 0.393 e. The van der Waals surface area contributed by atoms with Crippen LogP contribution in [0, 0.1) is 40.4 Å². The smallest absolute Gasteiger partial charge is 0.0631 e. The zero-order valence-electron chi connectivity index (χ0n) is 21.5. The van der Waals surface area contributed by atoms with E-state index in [-0.39, 0.29) is 6.10 Å². The van der Waals surface area contributed by atoms with Crippen molar-refractivity contribution in [3.63, 3.8) is 0 Å². The molecule has 0 aromatic heterocycles. The normalized spacial score (nSPS) is 45.7. The van der Waals surface area contributed by atoms with Crippen LogP contribution in [-0.4, -0.2) is 23.9 Å². The Morgan fingerprint density at radius 1 is 0.844 bits per heavy atom. The molecule has 0 aromatic rings. The fraction of sp³-hybridized carbons (Fsp3) is 0.933. The molecule has 0 aromatic carbocycles. The van der Waals surface area contributed by atoms with Crippen molar-refractivity contribution in [1.82, 2.24) is 0 Å². The molecule has 0 amide bonds. The van der Waals surface area contributed by atoms with Gasteiger partial charge in [-0.05, 0) is 105 Å². The van der Waals surface area contributed by atoms with Crippen molar-refractivity contribution in [3.8, 4) is 0 Å². The Kier molecular flexibility index (Phi) is 8.14. The van der Waals surface area contributed by atoms with Crippen LogP contribution >= 0.6 is 0 Å². The molecule has 4 saturated carbocycles. The second-order valence-electron chi connectivity index (χ2n) is 12.6. The van der Waals surface area contributed by atoms with E-state index in [4.69, 9.17) is 4.74 Å². The molecule has 4 unspecified atom stereocenters. The Morgan fingerprint density at radius 3 is 2.31 bits per heavy atom. The highest BCUT2D eigenvalue weighted by Gasteiger charge is 2.61. The topological polar surface area (TPSA) is 29.5 Å². The summed E-state index contributed by atoms with van der Waals surface area (Å²) in [5.41, 5.74) is 0.829. The average molecular weight is 445 g/mol. The summed E-state index contributed by atoms with van der Waals surface area (Å²) in [6, 6.07) is 0. The predicted molar refractivity (Wildman–Crippen MR) is 135 cm³/mol. The Bertz CT molecular complexity index is 616. The molecule has 9 atom stereocenters. The molecule has 184 valence electrons. The summed E-state index contributed by atoms with van der Waals surface area (Å²) in [6.45, 7) is 12.5. The minimum Gasteiger partial charge on any atom is -0.393 e. The van der Waals surface area contributed by atoms with Crippen LogP contribution < -0.4 is 0 Å². The summed E-state index contributed by atoms with van der Waals surface area (Å²) in [4.78, 5) is 0. The lowest BCUT2D eigenvalue weighted by Crippen LogP contribution is -2.57.